The number of nitrogens with zero attached hydrogens (tertiary/aromatic N) is 2. The molecule has 0 aliphatic heterocycles. The summed E-state index contributed by atoms with van der Waals surface area (Å²) in [5, 5.41) is 18.9. The minimum Gasteiger partial charge on any atom is -0.481 e. The summed E-state index contributed by atoms with van der Waals surface area (Å²) in [6.07, 6.45) is 3.57. The average molecular weight is 479 g/mol. The molecule has 3 rings (SSSR count). The fourth-order valence-electron chi connectivity index (χ4n) is 5.78. The fraction of sp³-hybridized carbons (Fsp3) is 0.704. The smallest absolute Gasteiger partial charge is 0.416 e. The van der Waals surface area contributed by atoms with Crippen LogP contribution in [0.2, 0.25) is 0 Å². The molecule has 0 bridgehead atoms. The van der Waals surface area contributed by atoms with Crippen LogP contribution in [0.1, 0.15) is 88.7 Å². The molecule has 0 radical (unpaired) electrons. The molecule has 1 aromatic rings. The van der Waals surface area contributed by atoms with Crippen LogP contribution in [-0.2, 0) is 11.0 Å². The largest absolute Gasteiger partial charge is 0.481 e. The number of hydrogen-bond acceptors (Lipinski definition) is 3. The van der Waals surface area contributed by atoms with Gasteiger partial charge in [0.05, 0.1) is 17.0 Å². The van der Waals surface area contributed by atoms with Gasteiger partial charge >= 0.3 is 12.1 Å². The number of aliphatic carboxylic acids is 1. The Kier molecular flexibility index (Phi) is 8.67. The Morgan fingerprint density at radius 2 is 1.74 bits per heavy atom. The Balaban J connectivity index is 1.88. The van der Waals surface area contributed by atoms with Gasteiger partial charge in [0.15, 0.2) is 0 Å². The summed E-state index contributed by atoms with van der Waals surface area (Å²) in [7, 11) is 0. The summed E-state index contributed by atoms with van der Waals surface area (Å²) in [5.74, 6) is -0.222. The van der Waals surface area contributed by atoms with E-state index < -0.39 is 23.1 Å². The molecular weight excluding hydrogens is 441 g/mol. The third-order valence-electron chi connectivity index (χ3n) is 7.82. The second kappa shape index (κ2) is 11.1. The first-order chi connectivity index (χ1) is 16.0. The molecule has 1 aromatic carbocycles. The molecule has 2 saturated carbocycles. The number of carboxylic acid groups (broad SMARTS) is 1. The lowest BCUT2D eigenvalue weighted by Gasteiger charge is -2.44. The van der Waals surface area contributed by atoms with Gasteiger partial charge in [-0.3, -0.25) is 9.69 Å². The molecule has 7 heteroatoms. The van der Waals surface area contributed by atoms with Gasteiger partial charge in [0.2, 0.25) is 0 Å². The van der Waals surface area contributed by atoms with Gasteiger partial charge in [-0.1, -0.05) is 25.0 Å². The van der Waals surface area contributed by atoms with Crippen molar-refractivity contribution in [1.29, 1.82) is 5.26 Å². The SMILES string of the molecule is CC(C)(C#N)CCN(CC1CCCC1)[C@@H]1CC[C@@H](CC(=O)O)C[C@H]1c1ccc(C(F)(F)F)cc1. The van der Waals surface area contributed by atoms with Crippen LogP contribution in [-0.4, -0.2) is 35.1 Å². The van der Waals surface area contributed by atoms with Crippen molar-refractivity contribution >= 4 is 5.97 Å². The van der Waals surface area contributed by atoms with Gasteiger partial charge in [0.25, 0.3) is 0 Å². The Hall–Kier alpha value is -2.07. The van der Waals surface area contributed by atoms with Crippen molar-refractivity contribution < 1.29 is 23.1 Å². The van der Waals surface area contributed by atoms with Gasteiger partial charge in [-0.25, -0.2) is 0 Å². The number of benzene rings is 1. The standard InChI is InChI=1S/C27H37F3N2O2/c1-26(2,18-31)13-14-32(17-19-5-3-4-6-19)24-12-7-20(16-25(33)34)15-23(24)21-8-10-22(11-9-21)27(28,29)30/h8-11,19-20,23-24H,3-7,12-17H2,1-2H3,(H,33,34)/t20-,23+,24-/m1/s1. The number of rotatable bonds is 9. The summed E-state index contributed by atoms with van der Waals surface area (Å²) in [5.41, 5.74) is -0.258. The maximum Gasteiger partial charge on any atom is 0.416 e. The zero-order valence-corrected chi connectivity index (χ0v) is 20.3. The van der Waals surface area contributed by atoms with Crippen LogP contribution in [0.15, 0.2) is 24.3 Å². The third-order valence-corrected chi connectivity index (χ3v) is 7.82. The molecule has 0 saturated heterocycles. The summed E-state index contributed by atoms with van der Waals surface area (Å²) < 4.78 is 39.4. The molecule has 2 aliphatic carbocycles. The minimum absolute atomic E-state index is 0.0184. The summed E-state index contributed by atoms with van der Waals surface area (Å²) in [6, 6.07) is 7.97. The minimum atomic E-state index is -4.38. The van der Waals surface area contributed by atoms with E-state index in [2.05, 4.69) is 11.0 Å². The lowest BCUT2D eigenvalue weighted by atomic mass is 9.72. The maximum atomic E-state index is 13.1. The van der Waals surface area contributed by atoms with Crippen LogP contribution in [0, 0.1) is 28.6 Å². The van der Waals surface area contributed by atoms with Crippen LogP contribution in [0.25, 0.3) is 0 Å². The lowest BCUT2D eigenvalue weighted by Crippen LogP contribution is -2.46. The van der Waals surface area contributed by atoms with E-state index in [9.17, 15) is 28.3 Å². The van der Waals surface area contributed by atoms with Crippen molar-refractivity contribution in [2.75, 3.05) is 13.1 Å². The molecular formula is C27H37F3N2O2. The van der Waals surface area contributed by atoms with E-state index in [1.807, 2.05) is 13.8 Å². The van der Waals surface area contributed by atoms with Crippen molar-refractivity contribution in [2.24, 2.45) is 17.3 Å². The number of nitriles is 1. The first kappa shape index (κ1) is 26.5. The zero-order valence-electron chi connectivity index (χ0n) is 20.3. The van der Waals surface area contributed by atoms with Crippen LogP contribution in [0.3, 0.4) is 0 Å². The molecule has 0 unspecified atom stereocenters. The lowest BCUT2D eigenvalue weighted by molar-refractivity contribution is -0.139. The Morgan fingerprint density at radius 3 is 2.29 bits per heavy atom. The number of hydrogen-bond donors (Lipinski definition) is 1. The van der Waals surface area contributed by atoms with Crippen LogP contribution < -0.4 is 0 Å². The second-order valence-electron chi connectivity index (χ2n) is 11.0. The van der Waals surface area contributed by atoms with Crippen molar-refractivity contribution in [3.05, 3.63) is 35.4 Å². The van der Waals surface area contributed by atoms with Crippen molar-refractivity contribution in [1.82, 2.24) is 4.90 Å². The monoisotopic (exact) mass is 478 g/mol. The van der Waals surface area contributed by atoms with E-state index in [4.69, 9.17) is 0 Å². The van der Waals surface area contributed by atoms with Crippen LogP contribution >= 0.6 is 0 Å². The predicted molar refractivity (Wildman–Crippen MR) is 125 cm³/mol. The summed E-state index contributed by atoms with van der Waals surface area (Å²) >= 11 is 0. The van der Waals surface area contributed by atoms with Crippen molar-refractivity contribution in [2.45, 2.75) is 89.8 Å². The number of carboxylic acids is 1. The van der Waals surface area contributed by atoms with E-state index in [1.165, 1.54) is 25.7 Å². The average Bonchev–Trinajstić information content (AvgIpc) is 3.29. The van der Waals surface area contributed by atoms with E-state index in [1.54, 1.807) is 12.1 Å². The highest BCUT2D eigenvalue weighted by Gasteiger charge is 2.38. The van der Waals surface area contributed by atoms with E-state index in [0.29, 0.717) is 12.3 Å². The van der Waals surface area contributed by atoms with Gasteiger partial charge < -0.3 is 5.11 Å². The van der Waals surface area contributed by atoms with Gasteiger partial charge in [0.1, 0.15) is 0 Å². The molecule has 4 nitrogen and oxygen atoms in total. The van der Waals surface area contributed by atoms with Gasteiger partial charge in [-0.05, 0) is 94.4 Å². The van der Waals surface area contributed by atoms with Crippen LogP contribution in [0.5, 0.6) is 0 Å². The molecule has 0 spiro atoms. The Bertz CT molecular complexity index is 854. The van der Waals surface area contributed by atoms with Gasteiger partial charge in [0, 0.05) is 19.0 Å². The number of alkyl halides is 3. The quantitative estimate of drug-likeness (QED) is 0.421. The first-order valence-corrected chi connectivity index (χ1v) is 12.5. The molecule has 3 atom stereocenters. The van der Waals surface area contributed by atoms with Gasteiger partial charge in [-0.2, -0.15) is 18.4 Å². The molecule has 0 heterocycles. The molecule has 2 fully saturated rings. The topological polar surface area (TPSA) is 64.3 Å². The Labute approximate surface area is 201 Å². The highest BCUT2D eigenvalue weighted by Crippen LogP contribution is 2.42. The fourth-order valence-corrected chi connectivity index (χ4v) is 5.78. The molecule has 1 N–H and O–H groups in total. The molecule has 2 aliphatic rings. The molecule has 34 heavy (non-hydrogen) atoms. The highest BCUT2D eigenvalue weighted by atomic mass is 19.4. The first-order valence-electron chi connectivity index (χ1n) is 12.5. The summed E-state index contributed by atoms with van der Waals surface area (Å²) in [6.45, 7) is 5.59. The normalized spacial score (nSPS) is 24.3. The third kappa shape index (κ3) is 7.21. The predicted octanol–water partition coefficient (Wildman–Crippen LogP) is 6.86. The van der Waals surface area contributed by atoms with E-state index >= 15 is 0 Å². The summed E-state index contributed by atoms with van der Waals surface area (Å²) in [4.78, 5) is 13.9. The maximum absolute atomic E-state index is 13.1. The number of carbonyl (C=O) groups is 1. The molecule has 0 amide bonds. The highest BCUT2D eigenvalue weighted by molar-refractivity contribution is 5.67. The van der Waals surface area contributed by atoms with E-state index in [0.717, 1.165) is 50.0 Å². The molecule has 0 aromatic heterocycles. The number of halogens is 3. The zero-order chi connectivity index (χ0) is 24.9. The van der Waals surface area contributed by atoms with E-state index in [-0.39, 0.29) is 24.3 Å². The van der Waals surface area contributed by atoms with Crippen molar-refractivity contribution in [3.63, 3.8) is 0 Å². The Morgan fingerprint density at radius 1 is 1.09 bits per heavy atom. The van der Waals surface area contributed by atoms with Gasteiger partial charge in [-0.15, -0.1) is 0 Å². The van der Waals surface area contributed by atoms with Crippen LogP contribution in [0.4, 0.5) is 13.2 Å². The second-order valence-corrected chi connectivity index (χ2v) is 11.0. The van der Waals surface area contributed by atoms with Crippen molar-refractivity contribution in [3.8, 4) is 6.07 Å². The molecule has 188 valence electrons.